The van der Waals surface area contributed by atoms with Crippen LogP contribution in [-0.4, -0.2) is 21.8 Å². The lowest BCUT2D eigenvalue weighted by Crippen LogP contribution is -2.16. The topological polar surface area (TPSA) is 61.9 Å². The van der Waals surface area contributed by atoms with Gasteiger partial charge in [-0.15, -0.1) is 11.8 Å². The summed E-state index contributed by atoms with van der Waals surface area (Å²) in [5, 5.41) is 11.3. The molecule has 0 amide bonds. The van der Waals surface area contributed by atoms with E-state index in [1.807, 2.05) is 24.3 Å². The quantitative estimate of drug-likeness (QED) is 0.127. The number of aromatic nitrogens is 2. The van der Waals surface area contributed by atoms with Gasteiger partial charge in [-0.25, -0.2) is 4.98 Å². The lowest BCUT2D eigenvalue weighted by molar-refractivity contribution is 0.687. The summed E-state index contributed by atoms with van der Waals surface area (Å²) >= 11 is 8.28. The van der Waals surface area contributed by atoms with Gasteiger partial charge in [0.1, 0.15) is 5.02 Å². The van der Waals surface area contributed by atoms with Crippen molar-refractivity contribution in [3.8, 4) is 0 Å². The molecule has 37 heavy (non-hydrogen) atoms. The van der Waals surface area contributed by atoms with E-state index in [9.17, 15) is 0 Å². The Morgan fingerprint density at radius 3 is 2.46 bits per heavy atom. The van der Waals surface area contributed by atoms with Crippen LogP contribution in [0.25, 0.3) is 0 Å². The molecule has 1 heterocycles. The predicted octanol–water partition coefficient (Wildman–Crippen LogP) is 8.01. The van der Waals surface area contributed by atoms with Gasteiger partial charge in [-0.05, 0) is 54.3 Å². The number of hydrogen-bond acceptors (Lipinski definition) is 6. The molecular formula is C30H34ClN5S. The number of aryl methyl sites for hydroxylation is 1. The smallest absolute Gasteiger partial charge is 0.229 e. The van der Waals surface area contributed by atoms with Crippen molar-refractivity contribution in [1.82, 2.24) is 15.3 Å². The molecule has 0 saturated heterocycles. The van der Waals surface area contributed by atoms with E-state index in [4.69, 9.17) is 16.6 Å². The number of nitrogens with zero attached hydrogens (tertiary/aromatic N) is 2. The fourth-order valence-corrected chi connectivity index (χ4v) is 5.00. The minimum absolute atomic E-state index is 0.467. The Bertz CT molecular complexity index is 1300. The summed E-state index contributed by atoms with van der Waals surface area (Å²) in [6.07, 6.45) is 3.48. The van der Waals surface area contributed by atoms with Gasteiger partial charge in [0, 0.05) is 22.4 Å². The zero-order valence-electron chi connectivity index (χ0n) is 21.6. The third kappa shape index (κ3) is 7.96. The summed E-state index contributed by atoms with van der Waals surface area (Å²) in [4.78, 5) is 10.3. The van der Waals surface area contributed by atoms with E-state index < -0.39 is 0 Å². The normalized spacial score (nSPS) is 11.1. The van der Waals surface area contributed by atoms with E-state index in [0.717, 1.165) is 42.2 Å². The van der Waals surface area contributed by atoms with Gasteiger partial charge in [-0.2, -0.15) is 4.98 Å². The van der Waals surface area contributed by atoms with E-state index >= 15 is 0 Å². The van der Waals surface area contributed by atoms with Crippen LogP contribution in [0.1, 0.15) is 37.5 Å². The van der Waals surface area contributed by atoms with Crippen LogP contribution in [0, 0.1) is 0 Å². The molecule has 192 valence electrons. The zero-order chi connectivity index (χ0) is 26.0. The van der Waals surface area contributed by atoms with Crippen LogP contribution < -0.4 is 16.0 Å². The number of anilines is 4. The number of rotatable bonds is 12. The van der Waals surface area contributed by atoms with Crippen molar-refractivity contribution in [2.45, 2.75) is 50.3 Å². The maximum absolute atomic E-state index is 6.48. The van der Waals surface area contributed by atoms with Crippen LogP contribution in [0.5, 0.6) is 0 Å². The maximum Gasteiger partial charge on any atom is 0.229 e. The predicted molar refractivity (Wildman–Crippen MR) is 159 cm³/mol. The van der Waals surface area contributed by atoms with Crippen molar-refractivity contribution in [2.24, 2.45) is 0 Å². The maximum atomic E-state index is 6.48. The van der Waals surface area contributed by atoms with Crippen LogP contribution in [0.2, 0.25) is 5.02 Å². The average molecular weight is 532 g/mol. The van der Waals surface area contributed by atoms with E-state index in [2.05, 4.69) is 90.2 Å². The number of halogens is 1. The molecule has 3 N–H and O–H groups in total. The van der Waals surface area contributed by atoms with Crippen molar-refractivity contribution < 1.29 is 0 Å². The zero-order valence-corrected chi connectivity index (χ0v) is 23.2. The second kappa shape index (κ2) is 13.5. The second-order valence-corrected chi connectivity index (χ2v) is 11.1. The van der Waals surface area contributed by atoms with E-state index in [0.29, 0.717) is 22.0 Å². The minimum atomic E-state index is 0.467. The Morgan fingerprint density at radius 2 is 1.68 bits per heavy atom. The van der Waals surface area contributed by atoms with Crippen LogP contribution in [0.3, 0.4) is 0 Å². The summed E-state index contributed by atoms with van der Waals surface area (Å²) < 4.78 is 0. The van der Waals surface area contributed by atoms with Crippen molar-refractivity contribution in [1.29, 1.82) is 0 Å². The third-order valence-corrected chi connectivity index (χ3v) is 7.17. The highest BCUT2D eigenvalue weighted by Gasteiger charge is 2.12. The van der Waals surface area contributed by atoms with Gasteiger partial charge in [-0.3, -0.25) is 0 Å². The SMILES string of the molecule is CCc1ccc(CCNCc2ccccc2)cc1Nc1ncc(Cl)c(Nc2ccccc2SC(C)C)n1. The number of nitrogens with one attached hydrogen (secondary N) is 3. The van der Waals surface area contributed by atoms with Crippen LogP contribution >= 0.6 is 23.4 Å². The lowest BCUT2D eigenvalue weighted by atomic mass is 10.0. The fraction of sp³-hybridized carbons (Fsp3) is 0.267. The first-order chi connectivity index (χ1) is 18.0. The molecule has 0 unspecified atom stereocenters. The van der Waals surface area contributed by atoms with Crippen molar-refractivity contribution in [3.05, 3.63) is 101 Å². The first-order valence-corrected chi connectivity index (χ1v) is 14.0. The number of hydrogen-bond donors (Lipinski definition) is 3. The highest BCUT2D eigenvalue weighted by molar-refractivity contribution is 8.00. The monoisotopic (exact) mass is 531 g/mol. The van der Waals surface area contributed by atoms with E-state index in [-0.39, 0.29) is 0 Å². The first kappa shape index (κ1) is 27.0. The summed E-state index contributed by atoms with van der Waals surface area (Å²) in [7, 11) is 0. The van der Waals surface area contributed by atoms with Gasteiger partial charge < -0.3 is 16.0 Å². The molecule has 0 fully saturated rings. The van der Waals surface area contributed by atoms with Gasteiger partial charge in [0.25, 0.3) is 0 Å². The Morgan fingerprint density at radius 1 is 0.892 bits per heavy atom. The van der Waals surface area contributed by atoms with E-state index in [1.54, 1.807) is 18.0 Å². The molecule has 0 aliphatic rings. The number of thioether (sulfide) groups is 1. The third-order valence-electron chi connectivity index (χ3n) is 5.81. The molecule has 0 spiro atoms. The average Bonchev–Trinajstić information content (AvgIpc) is 2.90. The summed E-state index contributed by atoms with van der Waals surface area (Å²) in [5.74, 6) is 1.09. The van der Waals surface area contributed by atoms with E-state index in [1.165, 1.54) is 16.7 Å². The van der Waals surface area contributed by atoms with Crippen LogP contribution in [0.4, 0.5) is 23.1 Å². The highest BCUT2D eigenvalue weighted by atomic mass is 35.5. The number of para-hydroxylation sites is 1. The minimum Gasteiger partial charge on any atom is -0.338 e. The molecule has 7 heteroatoms. The Hall–Kier alpha value is -3.06. The van der Waals surface area contributed by atoms with Gasteiger partial charge in [0.05, 0.1) is 11.9 Å². The molecule has 0 radical (unpaired) electrons. The van der Waals surface area contributed by atoms with Gasteiger partial charge in [0.2, 0.25) is 5.95 Å². The van der Waals surface area contributed by atoms with Crippen molar-refractivity contribution >= 4 is 46.5 Å². The molecular weight excluding hydrogens is 498 g/mol. The Labute approximate surface area is 229 Å². The van der Waals surface area contributed by atoms with Crippen LogP contribution in [-0.2, 0) is 19.4 Å². The summed E-state index contributed by atoms with van der Waals surface area (Å²) in [6.45, 7) is 8.28. The lowest BCUT2D eigenvalue weighted by Gasteiger charge is -2.15. The van der Waals surface area contributed by atoms with Gasteiger partial charge in [-0.1, -0.05) is 87.0 Å². The molecule has 4 aromatic rings. The Balaban J connectivity index is 1.45. The summed E-state index contributed by atoms with van der Waals surface area (Å²) in [6, 6.07) is 25.2. The van der Waals surface area contributed by atoms with Gasteiger partial charge in [0.15, 0.2) is 5.82 Å². The first-order valence-electron chi connectivity index (χ1n) is 12.7. The molecule has 4 rings (SSSR count). The molecule has 0 bridgehead atoms. The number of benzene rings is 3. The summed E-state index contributed by atoms with van der Waals surface area (Å²) in [5.41, 5.74) is 5.76. The van der Waals surface area contributed by atoms with Crippen LogP contribution in [0.15, 0.2) is 83.9 Å². The molecule has 3 aromatic carbocycles. The largest absolute Gasteiger partial charge is 0.338 e. The molecule has 5 nitrogen and oxygen atoms in total. The van der Waals surface area contributed by atoms with Crippen molar-refractivity contribution in [2.75, 3.05) is 17.2 Å². The molecule has 1 aromatic heterocycles. The molecule has 0 aliphatic heterocycles. The van der Waals surface area contributed by atoms with Gasteiger partial charge >= 0.3 is 0 Å². The fourth-order valence-electron chi connectivity index (χ4n) is 3.95. The highest BCUT2D eigenvalue weighted by Crippen LogP contribution is 2.34. The molecule has 0 atom stereocenters. The standard InChI is InChI=1S/C30H34ClN5S/c1-4-24-15-14-22(16-17-32-19-23-10-6-5-7-11-23)18-27(24)35-30-33-20-25(31)29(36-30)34-26-12-8-9-13-28(26)37-21(2)3/h5-15,18,20-21,32H,4,16-17,19H2,1-3H3,(H2,33,34,35,36). The Kier molecular flexibility index (Phi) is 9.83. The van der Waals surface area contributed by atoms with Crippen molar-refractivity contribution in [3.63, 3.8) is 0 Å². The molecule has 0 aliphatic carbocycles. The second-order valence-electron chi connectivity index (χ2n) is 9.06. The molecule has 0 saturated carbocycles.